The van der Waals surface area contributed by atoms with Gasteiger partial charge in [-0.1, -0.05) is 55.8 Å². The second-order valence-electron chi connectivity index (χ2n) is 6.82. The Bertz CT molecular complexity index is 1240. The van der Waals surface area contributed by atoms with Gasteiger partial charge in [0, 0.05) is 26.5 Å². The van der Waals surface area contributed by atoms with Crippen molar-refractivity contribution in [1.29, 1.82) is 0 Å². The lowest BCUT2D eigenvalue weighted by Crippen LogP contribution is -2.14. The highest BCUT2D eigenvalue weighted by molar-refractivity contribution is 9.10. The summed E-state index contributed by atoms with van der Waals surface area (Å²) >= 11 is 8.25. The summed E-state index contributed by atoms with van der Waals surface area (Å²) in [4.78, 5) is 26.3. The number of ketones is 1. The number of Topliss-reactive ketones (excluding diaryl/α,β-unsaturated/α-hetero) is 1. The molecule has 5 nitrogen and oxygen atoms in total. The molecule has 1 heterocycles. The summed E-state index contributed by atoms with van der Waals surface area (Å²) in [6.45, 7) is 1.39. The number of allylic oxidation sites excluding steroid dienone is 1. The molecule has 3 N–H and O–H groups in total. The molecule has 0 fully saturated rings. The zero-order chi connectivity index (χ0) is 22.1. The first-order chi connectivity index (χ1) is 14.8. The summed E-state index contributed by atoms with van der Waals surface area (Å²) in [5, 5.41) is 16.4. The molecule has 0 saturated heterocycles. The van der Waals surface area contributed by atoms with Gasteiger partial charge in [0.2, 0.25) is 11.7 Å². The summed E-state index contributed by atoms with van der Waals surface area (Å²) < 4.78 is 1.83. The van der Waals surface area contributed by atoms with Crippen molar-refractivity contribution in [2.24, 2.45) is 0 Å². The van der Waals surface area contributed by atoms with E-state index in [2.05, 4.69) is 42.5 Å². The molecule has 0 aliphatic carbocycles. The second-order valence-corrected chi connectivity index (χ2v) is 9.70. The van der Waals surface area contributed by atoms with Crippen LogP contribution < -0.4 is 10.6 Å². The van der Waals surface area contributed by atoms with Gasteiger partial charge in [0.15, 0.2) is 0 Å². The molecule has 0 saturated carbocycles. The Balaban J connectivity index is 1.84. The first-order valence-corrected chi connectivity index (χ1v) is 11.6. The quantitative estimate of drug-likeness (QED) is 0.246. The molecule has 31 heavy (non-hydrogen) atoms. The number of nitrogens with one attached hydrogen (secondary N) is 2. The Morgan fingerprint density at radius 1 is 0.968 bits per heavy atom. The number of hydrogen-bond acceptors (Lipinski definition) is 5. The minimum atomic E-state index is -0.342. The topological polar surface area (TPSA) is 78.4 Å². The summed E-state index contributed by atoms with van der Waals surface area (Å²) in [5.74, 6) is -0.750. The van der Waals surface area contributed by atoms with Crippen LogP contribution in [0.15, 0.2) is 79.4 Å². The third kappa shape index (κ3) is 4.71. The Hall–Kier alpha value is -2.55. The van der Waals surface area contributed by atoms with E-state index in [0.717, 1.165) is 25.1 Å². The number of phenols is 1. The van der Waals surface area contributed by atoms with Gasteiger partial charge in [0.05, 0.1) is 21.9 Å². The normalized spacial score (nSPS) is 12.7. The Morgan fingerprint density at radius 2 is 1.68 bits per heavy atom. The molecule has 0 radical (unpaired) electrons. The predicted molar refractivity (Wildman–Crippen MR) is 131 cm³/mol. The van der Waals surface area contributed by atoms with Gasteiger partial charge in [-0.25, -0.2) is 0 Å². The number of rotatable bonds is 4. The van der Waals surface area contributed by atoms with Gasteiger partial charge in [-0.3, -0.25) is 9.59 Å². The van der Waals surface area contributed by atoms with Crippen LogP contribution in [0.25, 0.3) is 5.70 Å². The maximum Gasteiger partial charge on any atom is 0.221 e. The standard InChI is InChI=1S/C23H16Br2N2O3S/c1-12(28)26-16-7-9-19(29)17(11-16)22(30)23-21(13-2-4-14(24)5-3-13)27-18-8-6-15(25)10-20(18)31-23/h2-11,27,29H,1H3,(H,26,28). The van der Waals surface area contributed by atoms with Crippen LogP contribution >= 0.6 is 43.6 Å². The van der Waals surface area contributed by atoms with Crippen molar-refractivity contribution >= 4 is 72.4 Å². The SMILES string of the molecule is CC(=O)Nc1ccc(O)c(C(=O)C2=C(c3ccc(Br)cc3)Nc3ccc(Br)cc3S2)c1. The van der Waals surface area contributed by atoms with Crippen LogP contribution in [-0.4, -0.2) is 16.8 Å². The monoisotopic (exact) mass is 558 g/mol. The minimum Gasteiger partial charge on any atom is -0.507 e. The van der Waals surface area contributed by atoms with E-state index in [1.54, 1.807) is 6.07 Å². The van der Waals surface area contributed by atoms with Gasteiger partial charge >= 0.3 is 0 Å². The number of fused-ring (bicyclic) bond motifs is 1. The summed E-state index contributed by atoms with van der Waals surface area (Å²) in [6.07, 6.45) is 0. The maximum absolute atomic E-state index is 13.6. The first-order valence-electron chi connectivity index (χ1n) is 9.22. The molecule has 0 spiro atoms. The number of benzene rings is 3. The maximum atomic E-state index is 13.6. The van der Waals surface area contributed by atoms with Gasteiger partial charge in [0.25, 0.3) is 0 Å². The van der Waals surface area contributed by atoms with Crippen molar-refractivity contribution in [3.8, 4) is 5.75 Å². The third-order valence-electron chi connectivity index (χ3n) is 4.54. The molecule has 0 unspecified atom stereocenters. The first kappa shape index (κ1) is 21.7. The van der Waals surface area contributed by atoms with Gasteiger partial charge in [0.1, 0.15) is 5.75 Å². The number of halogens is 2. The molecule has 3 aromatic rings. The third-order valence-corrected chi connectivity index (χ3v) is 6.72. The zero-order valence-electron chi connectivity index (χ0n) is 16.2. The van der Waals surface area contributed by atoms with Crippen molar-refractivity contribution in [2.75, 3.05) is 10.6 Å². The minimum absolute atomic E-state index is 0.114. The molecule has 1 amide bonds. The molecule has 8 heteroatoms. The lowest BCUT2D eigenvalue weighted by atomic mass is 10.0. The fourth-order valence-corrected chi connectivity index (χ4v) is 5.02. The molecular weight excluding hydrogens is 544 g/mol. The molecule has 0 bridgehead atoms. The van der Waals surface area contributed by atoms with Crippen LogP contribution in [0.2, 0.25) is 0 Å². The van der Waals surface area contributed by atoms with E-state index < -0.39 is 0 Å². The van der Waals surface area contributed by atoms with E-state index in [0.29, 0.717) is 16.3 Å². The Kier molecular flexibility index (Phi) is 6.22. The van der Waals surface area contributed by atoms with Crippen LogP contribution in [0.4, 0.5) is 11.4 Å². The number of hydrogen-bond donors (Lipinski definition) is 3. The van der Waals surface area contributed by atoms with Crippen LogP contribution in [-0.2, 0) is 4.79 Å². The number of carbonyl (C=O) groups excluding carboxylic acids is 2. The summed E-state index contributed by atoms with van der Waals surface area (Å²) in [6, 6.07) is 17.9. The molecule has 3 aromatic carbocycles. The van der Waals surface area contributed by atoms with Gasteiger partial charge < -0.3 is 15.7 Å². The zero-order valence-corrected chi connectivity index (χ0v) is 20.2. The van der Waals surface area contributed by atoms with Crippen molar-refractivity contribution in [2.45, 2.75) is 11.8 Å². The van der Waals surface area contributed by atoms with E-state index >= 15 is 0 Å². The van der Waals surface area contributed by atoms with Crippen LogP contribution in [0.1, 0.15) is 22.8 Å². The molecule has 1 aliphatic heterocycles. The van der Waals surface area contributed by atoms with Crippen molar-refractivity contribution in [3.05, 3.63) is 85.6 Å². The summed E-state index contributed by atoms with van der Waals surface area (Å²) in [7, 11) is 0. The van der Waals surface area contributed by atoms with Gasteiger partial charge in [-0.2, -0.15) is 0 Å². The van der Waals surface area contributed by atoms with Crippen LogP contribution in [0.3, 0.4) is 0 Å². The highest BCUT2D eigenvalue weighted by atomic mass is 79.9. The van der Waals surface area contributed by atoms with Gasteiger partial charge in [-0.15, -0.1) is 0 Å². The van der Waals surface area contributed by atoms with E-state index in [1.807, 2.05) is 42.5 Å². The van der Waals surface area contributed by atoms with Gasteiger partial charge in [-0.05, 0) is 54.1 Å². The number of thioether (sulfide) groups is 1. The van der Waals surface area contributed by atoms with E-state index in [1.165, 1.54) is 30.8 Å². The van der Waals surface area contributed by atoms with Crippen LogP contribution in [0.5, 0.6) is 5.75 Å². The molecule has 4 rings (SSSR count). The fourth-order valence-electron chi connectivity index (χ4n) is 3.14. The molecule has 156 valence electrons. The Labute approximate surface area is 200 Å². The fraction of sp³-hybridized carbons (Fsp3) is 0.0435. The number of anilines is 2. The lowest BCUT2D eigenvalue weighted by molar-refractivity contribution is -0.114. The average Bonchev–Trinajstić information content (AvgIpc) is 2.74. The lowest BCUT2D eigenvalue weighted by Gasteiger charge is -2.24. The van der Waals surface area contributed by atoms with E-state index in [4.69, 9.17) is 0 Å². The highest BCUT2D eigenvalue weighted by Crippen LogP contribution is 2.45. The average molecular weight is 560 g/mol. The number of amides is 1. The molecular formula is C23H16Br2N2O3S. The van der Waals surface area contributed by atoms with E-state index in [-0.39, 0.29) is 23.0 Å². The molecule has 0 aromatic heterocycles. The molecule has 1 aliphatic rings. The largest absolute Gasteiger partial charge is 0.507 e. The predicted octanol–water partition coefficient (Wildman–Crippen LogP) is 6.64. The highest BCUT2D eigenvalue weighted by Gasteiger charge is 2.27. The van der Waals surface area contributed by atoms with Crippen LogP contribution in [0, 0.1) is 0 Å². The second kappa shape index (κ2) is 8.90. The van der Waals surface area contributed by atoms with Crippen molar-refractivity contribution in [3.63, 3.8) is 0 Å². The van der Waals surface area contributed by atoms with Crippen molar-refractivity contribution < 1.29 is 14.7 Å². The number of carbonyl (C=O) groups is 2. The molecule has 0 atom stereocenters. The summed E-state index contributed by atoms with van der Waals surface area (Å²) in [5.41, 5.74) is 2.94. The number of phenolic OH excluding ortho intramolecular Hbond substituents is 1. The smallest absolute Gasteiger partial charge is 0.221 e. The van der Waals surface area contributed by atoms with Crippen molar-refractivity contribution in [1.82, 2.24) is 0 Å². The van der Waals surface area contributed by atoms with E-state index in [9.17, 15) is 14.7 Å². The number of aromatic hydroxyl groups is 1. The Morgan fingerprint density at radius 3 is 2.39 bits per heavy atom.